The Morgan fingerprint density at radius 2 is 1.35 bits per heavy atom. The number of amides is 2. The Hall–Kier alpha value is -3.97. The van der Waals surface area contributed by atoms with Gasteiger partial charge in [0, 0.05) is 55.0 Å². The number of methoxy groups -OCH3 is 1. The van der Waals surface area contributed by atoms with Gasteiger partial charge in [0.1, 0.15) is 0 Å². The van der Waals surface area contributed by atoms with Crippen LogP contribution in [0.3, 0.4) is 0 Å². The van der Waals surface area contributed by atoms with E-state index in [1.54, 1.807) is 29.2 Å². The van der Waals surface area contributed by atoms with E-state index in [1.807, 2.05) is 24.3 Å². The Bertz CT molecular complexity index is 1360. The van der Waals surface area contributed by atoms with Crippen molar-refractivity contribution in [3.8, 4) is 0 Å². The second kappa shape index (κ2) is 11.3. The van der Waals surface area contributed by atoms with Gasteiger partial charge in [-0.05, 0) is 48.2 Å². The number of rotatable bonds is 9. The lowest BCUT2D eigenvalue weighted by Crippen LogP contribution is -2.40. The van der Waals surface area contributed by atoms with Gasteiger partial charge in [-0.2, -0.15) is 0 Å². The van der Waals surface area contributed by atoms with Crippen molar-refractivity contribution >= 4 is 17.8 Å². The normalized spacial score (nSPS) is 26.7. The lowest BCUT2D eigenvalue weighted by molar-refractivity contribution is -0.125. The summed E-state index contributed by atoms with van der Waals surface area (Å²) in [6, 6.07) is 27.9. The van der Waals surface area contributed by atoms with E-state index in [0.717, 1.165) is 12.8 Å². The van der Waals surface area contributed by atoms with E-state index in [0.29, 0.717) is 48.6 Å². The number of nitrogens with zero attached hydrogens (tertiary/aromatic N) is 1. The van der Waals surface area contributed by atoms with E-state index in [2.05, 4.69) is 47.0 Å². The van der Waals surface area contributed by atoms with Gasteiger partial charge in [-0.25, -0.2) is 4.79 Å². The molecule has 1 unspecified atom stereocenters. The van der Waals surface area contributed by atoms with Crippen molar-refractivity contribution in [1.29, 1.82) is 0 Å². The molecule has 2 saturated carbocycles. The van der Waals surface area contributed by atoms with E-state index < -0.39 is 5.97 Å². The number of benzene rings is 3. The molecule has 3 aliphatic rings. The van der Waals surface area contributed by atoms with E-state index in [9.17, 15) is 14.4 Å². The van der Waals surface area contributed by atoms with E-state index >= 15 is 0 Å². The molecule has 0 spiro atoms. The lowest BCUT2D eigenvalue weighted by atomic mass is 9.95. The van der Waals surface area contributed by atoms with Gasteiger partial charge in [-0.3, -0.25) is 9.59 Å². The van der Waals surface area contributed by atoms with Gasteiger partial charge in [-0.1, -0.05) is 60.7 Å². The highest BCUT2D eigenvalue weighted by Gasteiger charge is 2.45. The van der Waals surface area contributed by atoms with E-state index in [4.69, 9.17) is 4.74 Å². The summed E-state index contributed by atoms with van der Waals surface area (Å²) in [6.07, 6.45) is 2.03. The second-order valence-electron chi connectivity index (χ2n) is 11.3. The van der Waals surface area contributed by atoms with Crippen LogP contribution < -0.4 is 10.6 Å². The first-order valence-electron chi connectivity index (χ1n) is 14.1. The monoisotopic (exact) mass is 537 g/mol. The molecule has 6 atom stereocenters. The maximum absolute atomic E-state index is 13.6. The smallest absolute Gasteiger partial charge is 0.337 e. The van der Waals surface area contributed by atoms with Crippen LogP contribution in [-0.4, -0.2) is 61.5 Å². The standard InChI is InChI=1S/C33H35N3O4/c1-40-33(39)24-14-12-23(13-15-24)32(38)36-19-25(18-34-29-16-26(29)21-8-4-2-5-9-21)28(20-36)31(37)35-30-17-27(30)22-10-6-3-7-11-22/h2-15,25-30,34H,16-20H2,1H3,(H,35,37)/t25-,26?,27-,28-,29+,30+/m1/s1. The summed E-state index contributed by atoms with van der Waals surface area (Å²) >= 11 is 0. The Balaban J connectivity index is 1.12. The molecule has 0 radical (unpaired) electrons. The van der Waals surface area contributed by atoms with E-state index in [1.165, 1.54) is 18.2 Å². The van der Waals surface area contributed by atoms with Crippen molar-refractivity contribution in [3.63, 3.8) is 0 Å². The molecule has 0 aromatic heterocycles. The Kier molecular flexibility index (Phi) is 7.39. The lowest BCUT2D eigenvalue weighted by Gasteiger charge is -2.18. The molecule has 3 fully saturated rings. The molecule has 1 aliphatic heterocycles. The van der Waals surface area contributed by atoms with Crippen molar-refractivity contribution < 1.29 is 19.1 Å². The van der Waals surface area contributed by atoms with Gasteiger partial charge < -0.3 is 20.3 Å². The highest BCUT2D eigenvalue weighted by atomic mass is 16.5. The van der Waals surface area contributed by atoms with Crippen molar-refractivity contribution in [3.05, 3.63) is 107 Å². The fraction of sp³-hybridized carbons (Fsp3) is 0.364. The highest BCUT2D eigenvalue weighted by molar-refractivity contribution is 5.97. The van der Waals surface area contributed by atoms with Gasteiger partial charge in [0.25, 0.3) is 5.91 Å². The predicted molar refractivity (Wildman–Crippen MR) is 152 cm³/mol. The topological polar surface area (TPSA) is 87.7 Å². The number of carbonyl (C=O) groups is 3. The van der Waals surface area contributed by atoms with Crippen LogP contribution in [0.4, 0.5) is 0 Å². The number of nitrogens with one attached hydrogen (secondary N) is 2. The average molecular weight is 538 g/mol. The van der Waals surface area contributed by atoms with Crippen LogP contribution in [0.5, 0.6) is 0 Å². The number of hydrogen-bond acceptors (Lipinski definition) is 5. The zero-order chi connectivity index (χ0) is 27.6. The number of esters is 1. The van der Waals surface area contributed by atoms with Crippen molar-refractivity contribution in [2.75, 3.05) is 26.7 Å². The first-order chi connectivity index (χ1) is 19.5. The maximum Gasteiger partial charge on any atom is 0.337 e. The van der Waals surface area contributed by atoms with Crippen LogP contribution in [0, 0.1) is 11.8 Å². The molecule has 3 aromatic carbocycles. The van der Waals surface area contributed by atoms with Crippen molar-refractivity contribution in [1.82, 2.24) is 15.5 Å². The Labute approximate surface area is 234 Å². The molecule has 3 aromatic rings. The molecular weight excluding hydrogens is 502 g/mol. The summed E-state index contributed by atoms with van der Waals surface area (Å²) in [5, 5.41) is 6.97. The fourth-order valence-electron chi connectivity index (χ4n) is 6.10. The molecule has 40 heavy (non-hydrogen) atoms. The molecule has 0 bridgehead atoms. The summed E-state index contributed by atoms with van der Waals surface area (Å²) < 4.78 is 4.76. The molecule has 7 heteroatoms. The first kappa shape index (κ1) is 26.3. The number of carbonyl (C=O) groups excluding carboxylic acids is 3. The van der Waals surface area contributed by atoms with Gasteiger partial charge >= 0.3 is 5.97 Å². The zero-order valence-electron chi connectivity index (χ0n) is 22.7. The fourth-order valence-corrected chi connectivity index (χ4v) is 6.10. The third kappa shape index (κ3) is 5.65. The average Bonchev–Trinajstić information content (AvgIpc) is 3.92. The van der Waals surface area contributed by atoms with Crippen molar-refractivity contribution in [2.45, 2.75) is 36.8 Å². The summed E-state index contributed by atoms with van der Waals surface area (Å²) in [4.78, 5) is 40.6. The van der Waals surface area contributed by atoms with Gasteiger partial charge in [0.05, 0.1) is 18.6 Å². The zero-order valence-corrected chi connectivity index (χ0v) is 22.7. The summed E-state index contributed by atoms with van der Waals surface area (Å²) in [5.41, 5.74) is 3.49. The molecule has 2 N–H and O–H groups in total. The second-order valence-corrected chi connectivity index (χ2v) is 11.3. The third-order valence-corrected chi connectivity index (χ3v) is 8.62. The molecule has 1 saturated heterocycles. The van der Waals surface area contributed by atoms with Crippen LogP contribution in [-0.2, 0) is 9.53 Å². The first-order valence-corrected chi connectivity index (χ1v) is 14.1. The molecular formula is C33H35N3O4. The van der Waals surface area contributed by atoms with Crippen LogP contribution in [0.1, 0.15) is 56.5 Å². The van der Waals surface area contributed by atoms with Gasteiger partial charge in [-0.15, -0.1) is 0 Å². The summed E-state index contributed by atoms with van der Waals surface area (Å²) in [7, 11) is 1.33. The molecule has 7 nitrogen and oxygen atoms in total. The molecule has 2 amide bonds. The number of hydrogen-bond donors (Lipinski definition) is 2. The Morgan fingerprint density at radius 3 is 1.98 bits per heavy atom. The quantitative estimate of drug-likeness (QED) is 0.403. The van der Waals surface area contributed by atoms with Crippen LogP contribution >= 0.6 is 0 Å². The summed E-state index contributed by atoms with van der Waals surface area (Å²) in [5.74, 6) is 0.0546. The minimum absolute atomic E-state index is 0.0178. The number of ether oxygens (including phenoxy) is 1. The maximum atomic E-state index is 13.6. The minimum atomic E-state index is -0.439. The minimum Gasteiger partial charge on any atom is -0.465 e. The molecule has 206 valence electrons. The predicted octanol–water partition coefficient (Wildman–Crippen LogP) is 3.98. The Morgan fingerprint density at radius 1 is 0.775 bits per heavy atom. The van der Waals surface area contributed by atoms with Gasteiger partial charge in [0.2, 0.25) is 5.91 Å². The van der Waals surface area contributed by atoms with Crippen molar-refractivity contribution in [2.24, 2.45) is 11.8 Å². The summed E-state index contributed by atoms with van der Waals surface area (Å²) in [6.45, 7) is 1.58. The van der Waals surface area contributed by atoms with Gasteiger partial charge in [0.15, 0.2) is 0 Å². The molecule has 6 rings (SSSR count). The largest absolute Gasteiger partial charge is 0.465 e. The molecule has 1 heterocycles. The molecule has 2 aliphatic carbocycles. The number of likely N-dealkylation sites (tertiary alicyclic amines) is 1. The third-order valence-electron chi connectivity index (χ3n) is 8.62. The highest BCUT2D eigenvalue weighted by Crippen LogP contribution is 2.42. The SMILES string of the molecule is COC(=O)c1ccc(C(=O)N2C[C@@H](CN[C@H]3CC3c3ccccc3)[C@H](C(=O)N[C@H]3C[C@@H]3c3ccccc3)C2)cc1. The van der Waals surface area contributed by atoms with Crippen LogP contribution in [0.25, 0.3) is 0 Å². The van der Waals surface area contributed by atoms with E-state index in [-0.39, 0.29) is 29.7 Å². The van der Waals surface area contributed by atoms with Crippen LogP contribution in [0.15, 0.2) is 84.9 Å². The van der Waals surface area contributed by atoms with Crippen LogP contribution in [0.2, 0.25) is 0 Å².